The number of aliphatic hydroxyl groups is 1. The fourth-order valence-corrected chi connectivity index (χ4v) is 7.50. The molecule has 4 fully saturated rings. The summed E-state index contributed by atoms with van der Waals surface area (Å²) in [5, 5.41) is 10.1. The van der Waals surface area contributed by atoms with Crippen LogP contribution in [0.4, 0.5) is 0 Å². The van der Waals surface area contributed by atoms with Crippen molar-refractivity contribution in [2.45, 2.75) is 77.7 Å². The van der Waals surface area contributed by atoms with Gasteiger partial charge in [-0.3, -0.25) is 0 Å². The predicted molar refractivity (Wildman–Crippen MR) is 87.3 cm³/mol. The smallest absolute Gasteiger partial charge is 0.123 e. The molecule has 0 radical (unpaired) electrons. The van der Waals surface area contributed by atoms with Crippen LogP contribution in [0.1, 0.15) is 71.6 Å². The molecule has 2 unspecified atom stereocenters. The summed E-state index contributed by atoms with van der Waals surface area (Å²) in [4.78, 5) is 11.5. The molecule has 4 rings (SSSR count). The van der Waals surface area contributed by atoms with Crippen LogP contribution in [0.3, 0.4) is 0 Å². The summed E-state index contributed by atoms with van der Waals surface area (Å²) in [6.45, 7) is 4.95. The van der Waals surface area contributed by atoms with E-state index >= 15 is 0 Å². The molecule has 2 nitrogen and oxygen atoms in total. The summed E-state index contributed by atoms with van der Waals surface area (Å²) in [6, 6.07) is 0. The first-order valence-electron chi connectivity index (χ1n) is 9.62. The van der Waals surface area contributed by atoms with E-state index in [4.69, 9.17) is 0 Å². The quantitative estimate of drug-likeness (QED) is 0.737. The first-order valence-corrected chi connectivity index (χ1v) is 9.62. The van der Waals surface area contributed by atoms with Gasteiger partial charge in [-0.1, -0.05) is 13.8 Å². The van der Waals surface area contributed by atoms with Crippen LogP contribution in [-0.4, -0.2) is 17.5 Å². The average molecular weight is 304 g/mol. The maximum Gasteiger partial charge on any atom is 0.123 e. The third-order valence-corrected chi connectivity index (χ3v) is 8.88. The molecule has 2 heteroatoms. The van der Waals surface area contributed by atoms with E-state index in [0.717, 1.165) is 42.9 Å². The Labute approximate surface area is 135 Å². The molecule has 0 heterocycles. The molecule has 4 aliphatic rings. The first kappa shape index (κ1) is 15.2. The highest BCUT2D eigenvalue weighted by Crippen LogP contribution is 2.67. The van der Waals surface area contributed by atoms with Crippen molar-refractivity contribution < 1.29 is 9.90 Å². The van der Waals surface area contributed by atoms with Gasteiger partial charge < -0.3 is 9.90 Å². The Bertz CT molecular complexity index is 461. The second-order valence-electron chi connectivity index (χ2n) is 9.45. The molecule has 0 aromatic heterocycles. The predicted octanol–water partition coefficient (Wildman–Crippen LogP) is 4.21. The van der Waals surface area contributed by atoms with Crippen molar-refractivity contribution in [2.24, 2.45) is 40.4 Å². The maximum absolute atomic E-state index is 11.5. The van der Waals surface area contributed by atoms with Crippen LogP contribution in [0.25, 0.3) is 0 Å². The van der Waals surface area contributed by atoms with Gasteiger partial charge in [-0.2, -0.15) is 0 Å². The van der Waals surface area contributed by atoms with Gasteiger partial charge in [0.15, 0.2) is 0 Å². The largest absolute Gasteiger partial charge is 0.393 e. The fourth-order valence-electron chi connectivity index (χ4n) is 7.50. The SMILES string of the molecule is C[C@]12CC[C@H]3[C@@H](CCC4CC(O)CC[C@@]43C)[C@@H]1CC[C@@H]2C=O. The first-order chi connectivity index (χ1) is 10.5. The van der Waals surface area contributed by atoms with Gasteiger partial charge in [0.1, 0.15) is 6.29 Å². The summed E-state index contributed by atoms with van der Waals surface area (Å²) >= 11 is 0. The van der Waals surface area contributed by atoms with Crippen LogP contribution < -0.4 is 0 Å². The average Bonchev–Trinajstić information content (AvgIpc) is 2.84. The third-order valence-electron chi connectivity index (χ3n) is 8.88. The Morgan fingerprint density at radius 2 is 1.64 bits per heavy atom. The van der Waals surface area contributed by atoms with Crippen molar-refractivity contribution in [1.82, 2.24) is 0 Å². The summed E-state index contributed by atoms with van der Waals surface area (Å²) in [7, 11) is 0. The minimum Gasteiger partial charge on any atom is -0.393 e. The van der Waals surface area contributed by atoms with Gasteiger partial charge in [-0.05, 0) is 92.3 Å². The van der Waals surface area contributed by atoms with Crippen molar-refractivity contribution in [3.05, 3.63) is 0 Å². The van der Waals surface area contributed by atoms with Crippen molar-refractivity contribution in [2.75, 3.05) is 0 Å². The molecule has 22 heavy (non-hydrogen) atoms. The van der Waals surface area contributed by atoms with Gasteiger partial charge in [0, 0.05) is 5.92 Å². The second-order valence-corrected chi connectivity index (χ2v) is 9.45. The zero-order valence-electron chi connectivity index (χ0n) is 14.3. The van der Waals surface area contributed by atoms with Gasteiger partial charge >= 0.3 is 0 Å². The molecule has 0 aliphatic heterocycles. The molecule has 0 aromatic rings. The Hall–Kier alpha value is -0.370. The highest BCUT2D eigenvalue weighted by Gasteiger charge is 2.59. The van der Waals surface area contributed by atoms with E-state index in [2.05, 4.69) is 13.8 Å². The van der Waals surface area contributed by atoms with Crippen LogP contribution >= 0.6 is 0 Å². The Balaban J connectivity index is 1.62. The van der Waals surface area contributed by atoms with Crippen LogP contribution in [0, 0.1) is 40.4 Å². The molecule has 0 amide bonds. The van der Waals surface area contributed by atoms with Crippen LogP contribution in [0.15, 0.2) is 0 Å². The van der Waals surface area contributed by atoms with Crippen molar-refractivity contribution >= 4 is 6.29 Å². The standard InChI is InChI=1S/C20H32O2/c1-19-9-7-15(22)11-13(19)3-5-16-17-6-4-14(12-21)20(17,2)10-8-18(16)19/h12-18,22H,3-11H2,1-2H3/t13?,14-,15?,16+,17+,18+,19+,20-/m1/s1. The topological polar surface area (TPSA) is 37.3 Å². The van der Waals surface area contributed by atoms with Crippen LogP contribution in [-0.2, 0) is 4.79 Å². The van der Waals surface area contributed by atoms with Crippen LogP contribution in [0.5, 0.6) is 0 Å². The number of rotatable bonds is 1. The summed E-state index contributed by atoms with van der Waals surface area (Å²) < 4.78 is 0. The molecule has 4 saturated carbocycles. The lowest BCUT2D eigenvalue weighted by atomic mass is 9.45. The number of aliphatic hydroxyl groups excluding tert-OH is 1. The molecule has 1 N–H and O–H groups in total. The molecule has 124 valence electrons. The maximum atomic E-state index is 11.5. The van der Waals surface area contributed by atoms with E-state index in [1.54, 1.807) is 0 Å². The molecule has 4 aliphatic carbocycles. The van der Waals surface area contributed by atoms with Crippen LogP contribution in [0.2, 0.25) is 0 Å². The van der Waals surface area contributed by atoms with E-state index in [1.807, 2.05) is 0 Å². The van der Waals surface area contributed by atoms with E-state index in [-0.39, 0.29) is 6.10 Å². The summed E-state index contributed by atoms with van der Waals surface area (Å²) in [6.07, 6.45) is 12.2. The lowest BCUT2D eigenvalue weighted by Crippen LogP contribution is -2.54. The molecule has 0 aromatic carbocycles. The number of hydrogen-bond donors (Lipinski definition) is 1. The van der Waals surface area contributed by atoms with Gasteiger partial charge in [0.2, 0.25) is 0 Å². The van der Waals surface area contributed by atoms with Gasteiger partial charge in [-0.15, -0.1) is 0 Å². The van der Waals surface area contributed by atoms with Crippen molar-refractivity contribution in [3.63, 3.8) is 0 Å². The second kappa shape index (κ2) is 5.06. The number of hydrogen-bond acceptors (Lipinski definition) is 2. The van der Waals surface area contributed by atoms with E-state index in [0.29, 0.717) is 16.7 Å². The molecule has 0 saturated heterocycles. The molecule has 8 atom stereocenters. The molecular formula is C20H32O2. The molecule has 0 bridgehead atoms. The Morgan fingerprint density at radius 1 is 0.909 bits per heavy atom. The monoisotopic (exact) mass is 304 g/mol. The Kier molecular flexibility index (Phi) is 3.49. The summed E-state index contributed by atoms with van der Waals surface area (Å²) in [5.41, 5.74) is 0.753. The zero-order valence-corrected chi connectivity index (χ0v) is 14.3. The minimum absolute atomic E-state index is 0.0468. The van der Waals surface area contributed by atoms with Gasteiger partial charge in [0.05, 0.1) is 6.10 Å². The fraction of sp³-hybridized carbons (Fsp3) is 0.950. The number of carbonyl (C=O) groups excluding carboxylic acids is 1. The molecular weight excluding hydrogens is 272 g/mol. The van der Waals surface area contributed by atoms with Gasteiger partial charge in [0.25, 0.3) is 0 Å². The highest BCUT2D eigenvalue weighted by molar-refractivity contribution is 5.56. The van der Waals surface area contributed by atoms with E-state index < -0.39 is 0 Å². The lowest BCUT2D eigenvalue weighted by Gasteiger charge is -2.60. The van der Waals surface area contributed by atoms with E-state index in [9.17, 15) is 9.90 Å². The highest BCUT2D eigenvalue weighted by atomic mass is 16.3. The van der Waals surface area contributed by atoms with Crippen molar-refractivity contribution in [3.8, 4) is 0 Å². The van der Waals surface area contributed by atoms with Gasteiger partial charge in [-0.25, -0.2) is 0 Å². The minimum atomic E-state index is -0.0468. The summed E-state index contributed by atoms with van der Waals surface area (Å²) in [5.74, 6) is 3.54. The number of carbonyl (C=O) groups is 1. The molecule has 0 spiro atoms. The normalized spacial score (nSPS) is 57.6. The number of fused-ring (bicyclic) bond motifs is 5. The third kappa shape index (κ3) is 1.92. The van der Waals surface area contributed by atoms with Crippen molar-refractivity contribution in [1.29, 1.82) is 0 Å². The Morgan fingerprint density at radius 3 is 2.41 bits per heavy atom. The zero-order chi connectivity index (χ0) is 15.5. The van der Waals surface area contributed by atoms with E-state index in [1.165, 1.54) is 44.8 Å². The number of aldehydes is 1. The lowest BCUT2D eigenvalue weighted by molar-refractivity contribution is -0.133.